The molecule has 0 saturated heterocycles. The average molecular weight is 227 g/mol. The average Bonchev–Trinajstić information content (AvgIpc) is 2.27. The van der Waals surface area contributed by atoms with Crippen LogP contribution in [-0.2, 0) is 13.0 Å². The Morgan fingerprint density at radius 2 is 2.20 bits per heavy atom. The summed E-state index contributed by atoms with van der Waals surface area (Å²) in [4.78, 5) is 11.4. The van der Waals surface area contributed by atoms with Crippen LogP contribution in [0.3, 0.4) is 0 Å². The minimum atomic E-state index is -0.0154. The lowest BCUT2D eigenvalue weighted by Crippen LogP contribution is -2.25. The van der Waals surface area contributed by atoms with E-state index >= 15 is 0 Å². The predicted molar refractivity (Wildman–Crippen MR) is 62.5 cm³/mol. The Hall–Kier alpha value is -1.06. The van der Waals surface area contributed by atoms with Crippen LogP contribution in [-0.4, -0.2) is 19.5 Å². The Labute approximate surface area is 95.7 Å². The molecule has 1 aliphatic rings. The van der Waals surface area contributed by atoms with E-state index in [0.717, 1.165) is 25.1 Å². The number of amides is 1. The first kappa shape index (κ1) is 12.0. The Morgan fingerprint density at radius 3 is 2.93 bits per heavy atom. The fraction of sp³-hybridized carbons (Fsp3) is 0.364. The molecular formula is C11H15ClN2O. The van der Waals surface area contributed by atoms with Gasteiger partial charge in [0.25, 0.3) is 5.91 Å². The number of nitrogens with one attached hydrogen (secondary N) is 2. The highest BCUT2D eigenvalue weighted by Crippen LogP contribution is 2.15. The van der Waals surface area contributed by atoms with Gasteiger partial charge in [0.15, 0.2) is 0 Å². The van der Waals surface area contributed by atoms with E-state index in [4.69, 9.17) is 0 Å². The Kier molecular flexibility index (Phi) is 4.12. The quantitative estimate of drug-likeness (QED) is 0.754. The summed E-state index contributed by atoms with van der Waals surface area (Å²) in [6.45, 7) is 1.91. The standard InChI is InChI=1S/C11H14N2O.ClH/c1-12-11(14)9-3-2-8-4-5-13-7-10(8)6-9;/h2-3,6,13H,4-5,7H2,1H3,(H,12,14);1H. The van der Waals surface area contributed by atoms with Gasteiger partial charge in [0.2, 0.25) is 0 Å². The van der Waals surface area contributed by atoms with Gasteiger partial charge in [-0.05, 0) is 36.2 Å². The van der Waals surface area contributed by atoms with Crippen LogP contribution in [0.2, 0.25) is 0 Å². The van der Waals surface area contributed by atoms with Crippen molar-refractivity contribution < 1.29 is 4.79 Å². The molecule has 0 spiro atoms. The van der Waals surface area contributed by atoms with Crippen molar-refractivity contribution in [2.45, 2.75) is 13.0 Å². The summed E-state index contributed by atoms with van der Waals surface area (Å²) < 4.78 is 0. The van der Waals surface area contributed by atoms with E-state index in [1.54, 1.807) is 7.05 Å². The van der Waals surface area contributed by atoms with Crippen molar-refractivity contribution in [3.8, 4) is 0 Å². The van der Waals surface area contributed by atoms with Gasteiger partial charge in [-0.1, -0.05) is 6.07 Å². The fourth-order valence-corrected chi connectivity index (χ4v) is 1.77. The SMILES string of the molecule is CNC(=O)c1ccc2c(c1)CNCC2.Cl. The molecule has 0 radical (unpaired) electrons. The molecule has 1 aromatic rings. The summed E-state index contributed by atoms with van der Waals surface area (Å²) in [5.74, 6) is -0.0154. The first-order valence-corrected chi connectivity index (χ1v) is 4.86. The van der Waals surface area contributed by atoms with Crippen molar-refractivity contribution in [1.82, 2.24) is 10.6 Å². The number of rotatable bonds is 1. The van der Waals surface area contributed by atoms with Crippen molar-refractivity contribution >= 4 is 18.3 Å². The Balaban J connectivity index is 0.00000112. The Bertz CT molecular complexity index is 366. The number of hydrogen-bond donors (Lipinski definition) is 2. The minimum Gasteiger partial charge on any atom is -0.355 e. The van der Waals surface area contributed by atoms with Crippen LogP contribution in [0.1, 0.15) is 21.5 Å². The van der Waals surface area contributed by atoms with E-state index in [0.29, 0.717) is 0 Å². The summed E-state index contributed by atoms with van der Waals surface area (Å²) in [6.07, 6.45) is 1.06. The molecule has 3 nitrogen and oxygen atoms in total. The molecule has 0 saturated carbocycles. The number of carbonyl (C=O) groups is 1. The third kappa shape index (κ3) is 2.49. The zero-order valence-corrected chi connectivity index (χ0v) is 9.49. The molecule has 2 rings (SSSR count). The molecule has 0 aliphatic carbocycles. The van der Waals surface area contributed by atoms with Gasteiger partial charge >= 0.3 is 0 Å². The summed E-state index contributed by atoms with van der Waals surface area (Å²) in [7, 11) is 1.65. The van der Waals surface area contributed by atoms with Crippen LogP contribution in [0.5, 0.6) is 0 Å². The molecule has 2 N–H and O–H groups in total. The van der Waals surface area contributed by atoms with E-state index in [1.807, 2.05) is 12.1 Å². The van der Waals surface area contributed by atoms with Gasteiger partial charge in [0.05, 0.1) is 0 Å². The highest BCUT2D eigenvalue weighted by Gasteiger charge is 2.11. The number of carbonyl (C=O) groups excluding carboxylic acids is 1. The van der Waals surface area contributed by atoms with Crippen LogP contribution in [0.15, 0.2) is 18.2 Å². The molecule has 0 aromatic heterocycles. The second kappa shape index (κ2) is 5.14. The van der Waals surface area contributed by atoms with Crippen LogP contribution >= 0.6 is 12.4 Å². The van der Waals surface area contributed by atoms with E-state index in [9.17, 15) is 4.79 Å². The maximum Gasteiger partial charge on any atom is 0.251 e. The molecule has 0 atom stereocenters. The van der Waals surface area contributed by atoms with Gasteiger partial charge in [-0.2, -0.15) is 0 Å². The topological polar surface area (TPSA) is 41.1 Å². The van der Waals surface area contributed by atoms with Crippen molar-refractivity contribution in [1.29, 1.82) is 0 Å². The van der Waals surface area contributed by atoms with Gasteiger partial charge < -0.3 is 10.6 Å². The molecule has 0 unspecified atom stereocenters. The lowest BCUT2D eigenvalue weighted by atomic mass is 9.98. The second-order valence-corrected chi connectivity index (χ2v) is 3.49. The number of halogens is 1. The smallest absolute Gasteiger partial charge is 0.251 e. The van der Waals surface area contributed by atoms with Crippen LogP contribution in [0.25, 0.3) is 0 Å². The molecule has 4 heteroatoms. The van der Waals surface area contributed by atoms with E-state index in [-0.39, 0.29) is 18.3 Å². The third-order valence-corrected chi connectivity index (χ3v) is 2.58. The fourth-order valence-electron chi connectivity index (χ4n) is 1.77. The van der Waals surface area contributed by atoms with Crippen LogP contribution < -0.4 is 10.6 Å². The normalized spacial score (nSPS) is 13.7. The van der Waals surface area contributed by atoms with E-state index < -0.39 is 0 Å². The zero-order chi connectivity index (χ0) is 9.97. The number of hydrogen-bond acceptors (Lipinski definition) is 2. The van der Waals surface area contributed by atoms with Crippen molar-refractivity contribution in [2.75, 3.05) is 13.6 Å². The summed E-state index contributed by atoms with van der Waals surface area (Å²) in [5.41, 5.74) is 3.35. The van der Waals surface area contributed by atoms with Crippen molar-refractivity contribution in [3.63, 3.8) is 0 Å². The molecule has 1 aromatic carbocycles. The lowest BCUT2D eigenvalue weighted by Gasteiger charge is -2.17. The number of fused-ring (bicyclic) bond motifs is 1. The maximum atomic E-state index is 11.4. The first-order chi connectivity index (χ1) is 6.81. The van der Waals surface area contributed by atoms with Gasteiger partial charge in [-0.25, -0.2) is 0 Å². The van der Waals surface area contributed by atoms with Gasteiger partial charge in [-0.15, -0.1) is 12.4 Å². The molecule has 0 fully saturated rings. The van der Waals surface area contributed by atoms with Crippen LogP contribution in [0.4, 0.5) is 0 Å². The molecule has 0 bridgehead atoms. The van der Waals surface area contributed by atoms with Crippen molar-refractivity contribution in [2.24, 2.45) is 0 Å². The highest BCUT2D eigenvalue weighted by atomic mass is 35.5. The monoisotopic (exact) mass is 226 g/mol. The molecule has 1 aliphatic heterocycles. The lowest BCUT2D eigenvalue weighted by molar-refractivity contribution is 0.0963. The number of benzene rings is 1. The summed E-state index contributed by atoms with van der Waals surface area (Å²) in [5, 5.41) is 5.92. The summed E-state index contributed by atoms with van der Waals surface area (Å²) >= 11 is 0. The van der Waals surface area contributed by atoms with Crippen LogP contribution in [0, 0.1) is 0 Å². The molecule has 15 heavy (non-hydrogen) atoms. The maximum absolute atomic E-state index is 11.4. The largest absolute Gasteiger partial charge is 0.355 e. The van der Waals surface area contributed by atoms with Crippen molar-refractivity contribution in [3.05, 3.63) is 34.9 Å². The third-order valence-electron chi connectivity index (χ3n) is 2.58. The molecule has 1 amide bonds. The van der Waals surface area contributed by atoms with E-state index in [2.05, 4.69) is 16.7 Å². The minimum absolute atomic E-state index is 0. The molecule has 82 valence electrons. The Morgan fingerprint density at radius 1 is 1.40 bits per heavy atom. The predicted octanol–water partition coefficient (Wildman–Crippen LogP) is 1.11. The first-order valence-electron chi connectivity index (χ1n) is 4.86. The molecular weight excluding hydrogens is 212 g/mol. The summed E-state index contributed by atoms with van der Waals surface area (Å²) in [6, 6.07) is 5.92. The second-order valence-electron chi connectivity index (χ2n) is 3.49. The highest BCUT2D eigenvalue weighted by molar-refractivity contribution is 5.94. The van der Waals surface area contributed by atoms with Gasteiger partial charge in [0.1, 0.15) is 0 Å². The zero-order valence-electron chi connectivity index (χ0n) is 8.67. The van der Waals surface area contributed by atoms with Gasteiger partial charge in [-0.3, -0.25) is 4.79 Å². The van der Waals surface area contributed by atoms with Gasteiger partial charge in [0, 0.05) is 19.2 Å². The molecule has 1 heterocycles. The van der Waals surface area contributed by atoms with E-state index in [1.165, 1.54) is 11.1 Å².